The topological polar surface area (TPSA) is 36.4 Å². The number of hydrogen-bond donors (Lipinski definition) is 2. The Morgan fingerprint density at radius 3 is 2.76 bits per heavy atom. The number of nitrogens with zero attached hydrogens (tertiary/aromatic N) is 1. The van der Waals surface area contributed by atoms with E-state index in [9.17, 15) is 4.39 Å². The molecular weight excluding hydrogens is 357 g/mol. The highest BCUT2D eigenvalue weighted by molar-refractivity contribution is 7.99. The average Bonchev–Trinajstić information content (AvgIpc) is 2.61. The van der Waals surface area contributed by atoms with E-state index in [4.69, 9.17) is 16.6 Å². The molecule has 2 aromatic carbocycles. The van der Waals surface area contributed by atoms with Crippen LogP contribution < -0.4 is 10.6 Å². The summed E-state index contributed by atoms with van der Waals surface area (Å²) in [6, 6.07) is 12.5. The highest BCUT2D eigenvalue weighted by Crippen LogP contribution is 2.39. The van der Waals surface area contributed by atoms with E-state index < -0.39 is 0 Å². The third kappa shape index (κ3) is 3.48. The molecule has 2 aliphatic rings. The molecule has 0 atom stereocenters. The normalized spacial score (nSPS) is 20.0. The first kappa shape index (κ1) is 16.7. The zero-order valence-corrected chi connectivity index (χ0v) is 15.3. The van der Waals surface area contributed by atoms with E-state index in [0.29, 0.717) is 11.6 Å². The molecule has 2 aliphatic heterocycles. The number of rotatable bonds is 2. The SMILES string of the molecule is Fc1ccc2c(c1)NC(=NCc1cccc(Cl)c1)C1(CCSCC1)N2. The molecule has 3 nitrogen and oxygen atoms in total. The van der Waals surface area contributed by atoms with Gasteiger partial charge in [-0.3, -0.25) is 4.99 Å². The van der Waals surface area contributed by atoms with Crippen LogP contribution in [0.5, 0.6) is 0 Å². The summed E-state index contributed by atoms with van der Waals surface area (Å²) in [6.07, 6.45) is 1.99. The Labute approximate surface area is 156 Å². The van der Waals surface area contributed by atoms with Crippen LogP contribution in [0.4, 0.5) is 15.8 Å². The Hall–Kier alpha value is -1.72. The van der Waals surface area contributed by atoms with Crippen molar-refractivity contribution in [3.05, 3.63) is 58.9 Å². The van der Waals surface area contributed by atoms with Crippen molar-refractivity contribution in [2.24, 2.45) is 4.99 Å². The summed E-state index contributed by atoms with van der Waals surface area (Å²) >= 11 is 8.04. The van der Waals surface area contributed by atoms with Crippen LogP contribution in [0.1, 0.15) is 18.4 Å². The molecule has 1 fully saturated rings. The summed E-state index contributed by atoms with van der Waals surface area (Å²) < 4.78 is 13.6. The first-order chi connectivity index (χ1) is 12.1. The highest BCUT2D eigenvalue weighted by atomic mass is 35.5. The van der Waals surface area contributed by atoms with E-state index in [-0.39, 0.29) is 11.4 Å². The third-order valence-electron chi connectivity index (χ3n) is 4.72. The van der Waals surface area contributed by atoms with Crippen molar-refractivity contribution in [3.63, 3.8) is 0 Å². The molecule has 6 heteroatoms. The van der Waals surface area contributed by atoms with Crippen molar-refractivity contribution in [3.8, 4) is 0 Å². The molecule has 1 spiro atoms. The maximum atomic E-state index is 13.6. The van der Waals surface area contributed by atoms with Crippen molar-refractivity contribution in [2.45, 2.75) is 24.9 Å². The smallest absolute Gasteiger partial charge is 0.127 e. The fourth-order valence-electron chi connectivity index (χ4n) is 3.37. The molecule has 0 saturated carbocycles. The molecule has 130 valence electrons. The van der Waals surface area contributed by atoms with Crippen LogP contribution in [-0.4, -0.2) is 22.9 Å². The lowest BCUT2D eigenvalue weighted by Gasteiger charge is -2.43. The molecule has 2 heterocycles. The number of hydrogen-bond acceptors (Lipinski definition) is 3. The summed E-state index contributed by atoms with van der Waals surface area (Å²) in [5.74, 6) is 2.81. The van der Waals surface area contributed by atoms with Gasteiger partial charge in [-0.2, -0.15) is 11.8 Å². The minimum absolute atomic E-state index is 0.200. The van der Waals surface area contributed by atoms with Gasteiger partial charge in [-0.15, -0.1) is 0 Å². The van der Waals surface area contributed by atoms with Crippen molar-refractivity contribution in [1.82, 2.24) is 0 Å². The standard InChI is InChI=1S/C19H19ClFN3S/c20-14-3-1-2-13(10-14)12-22-18-19(6-8-25-9-7-19)24-16-5-4-15(21)11-17(16)23-18/h1-5,10-11,24H,6-9,12H2,(H,22,23). The molecule has 0 amide bonds. The number of amidine groups is 1. The van der Waals surface area contributed by atoms with Crippen LogP contribution in [-0.2, 0) is 6.54 Å². The molecule has 1 saturated heterocycles. The lowest BCUT2D eigenvalue weighted by atomic mass is 9.87. The van der Waals surface area contributed by atoms with E-state index in [2.05, 4.69) is 10.6 Å². The van der Waals surface area contributed by atoms with Crippen molar-refractivity contribution in [2.75, 3.05) is 22.1 Å². The van der Waals surface area contributed by atoms with Gasteiger partial charge in [-0.05, 0) is 60.2 Å². The van der Waals surface area contributed by atoms with E-state index in [0.717, 1.165) is 47.1 Å². The second-order valence-corrected chi connectivity index (χ2v) is 8.09. The van der Waals surface area contributed by atoms with Crippen LogP contribution in [0.25, 0.3) is 0 Å². The molecule has 0 aliphatic carbocycles. The van der Waals surface area contributed by atoms with E-state index in [1.54, 1.807) is 6.07 Å². The molecule has 0 aromatic heterocycles. The minimum Gasteiger partial charge on any atom is -0.371 e. The molecule has 0 bridgehead atoms. The fraction of sp³-hybridized carbons (Fsp3) is 0.316. The second-order valence-electron chi connectivity index (χ2n) is 6.43. The zero-order chi connectivity index (χ0) is 17.3. The van der Waals surface area contributed by atoms with E-state index in [1.807, 2.05) is 36.0 Å². The molecule has 0 radical (unpaired) electrons. The molecule has 4 rings (SSSR count). The first-order valence-corrected chi connectivity index (χ1v) is 9.90. The zero-order valence-electron chi connectivity index (χ0n) is 13.7. The van der Waals surface area contributed by atoms with Gasteiger partial charge in [-0.1, -0.05) is 23.7 Å². The Kier molecular flexibility index (Phi) is 4.61. The summed E-state index contributed by atoms with van der Waals surface area (Å²) in [4.78, 5) is 4.85. The quantitative estimate of drug-likeness (QED) is 0.759. The van der Waals surface area contributed by atoms with E-state index >= 15 is 0 Å². The monoisotopic (exact) mass is 375 g/mol. The minimum atomic E-state index is -0.252. The van der Waals surface area contributed by atoms with Crippen molar-refractivity contribution >= 4 is 40.6 Å². The highest BCUT2D eigenvalue weighted by Gasteiger charge is 2.41. The Bertz CT molecular complexity index is 818. The van der Waals surface area contributed by atoms with Gasteiger partial charge in [0.25, 0.3) is 0 Å². The predicted molar refractivity (Wildman–Crippen MR) is 106 cm³/mol. The van der Waals surface area contributed by atoms with Crippen LogP contribution in [0.2, 0.25) is 5.02 Å². The van der Waals surface area contributed by atoms with Gasteiger partial charge in [0.05, 0.1) is 23.5 Å². The second kappa shape index (κ2) is 6.89. The van der Waals surface area contributed by atoms with Gasteiger partial charge in [0.1, 0.15) is 11.7 Å². The fourth-order valence-corrected chi connectivity index (χ4v) is 4.77. The summed E-state index contributed by atoms with van der Waals surface area (Å²) in [7, 11) is 0. The largest absolute Gasteiger partial charge is 0.371 e. The molecule has 2 aromatic rings. The summed E-state index contributed by atoms with van der Waals surface area (Å²) in [6.45, 7) is 0.546. The number of fused-ring (bicyclic) bond motifs is 1. The average molecular weight is 376 g/mol. The number of anilines is 2. The number of nitrogens with one attached hydrogen (secondary N) is 2. The molecule has 2 N–H and O–H groups in total. The van der Waals surface area contributed by atoms with Crippen molar-refractivity contribution in [1.29, 1.82) is 0 Å². The molecular formula is C19H19ClFN3S. The van der Waals surface area contributed by atoms with Crippen LogP contribution in [0.15, 0.2) is 47.5 Å². The van der Waals surface area contributed by atoms with Crippen LogP contribution in [0, 0.1) is 5.82 Å². The van der Waals surface area contributed by atoms with Gasteiger partial charge in [0.15, 0.2) is 0 Å². The number of halogens is 2. The van der Waals surface area contributed by atoms with Crippen molar-refractivity contribution < 1.29 is 4.39 Å². The van der Waals surface area contributed by atoms with E-state index in [1.165, 1.54) is 12.1 Å². The number of aliphatic imine (C=N–C) groups is 1. The van der Waals surface area contributed by atoms with Gasteiger partial charge < -0.3 is 10.6 Å². The Balaban J connectivity index is 1.68. The first-order valence-electron chi connectivity index (χ1n) is 8.37. The Morgan fingerprint density at radius 1 is 1.12 bits per heavy atom. The summed E-state index contributed by atoms with van der Waals surface area (Å²) in [5, 5.41) is 7.74. The Morgan fingerprint density at radius 2 is 1.96 bits per heavy atom. The molecule has 0 unspecified atom stereocenters. The van der Waals surface area contributed by atoms with Gasteiger partial charge in [0, 0.05) is 5.02 Å². The van der Waals surface area contributed by atoms with Crippen LogP contribution >= 0.6 is 23.4 Å². The van der Waals surface area contributed by atoms with Gasteiger partial charge in [-0.25, -0.2) is 4.39 Å². The van der Waals surface area contributed by atoms with Gasteiger partial charge >= 0.3 is 0 Å². The maximum absolute atomic E-state index is 13.6. The third-order valence-corrected chi connectivity index (χ3v) is 5.94. The van der Waals surface area contributed by atoms with Gasteiger partial charge in [0.2, 0.25) is 0 Å². The lowest BCUT2D eigenvalue weighted by Crippen LogP contribution is -2.54. The maximum Gasteiger partial charge on any atom is 0.127 e. The molecule has 25 heavy (non-hydrogen) atoms. The lowest BCUT2D eigenvalue weighted by molar-refractivity contribution is 0.558. The number of thioether (sulfide) groups is 1. The van der Waals surface area contributed by atoms with Crippen LogP contribution in [0.3, 0.4) is 0 Å². The predicted octanol–water partition coefficient (Wildman–Crippen LogP) is 5.18. The number of benzene rings is 2. The summed E-state index contributed by atoms with van der Waals surface area (Å²) in [5.41, 5.74) is 2.55.